The summed E-state index contributed by atoms with van der Waals surface area (Å²) in [5.74, 6) is 0.896. The van der Waals surface area contributed by atoms with Crippen molar-refractivity contribution in [1.82, 2.24) is 0 Å². The molecular weight excluding hydrogens is 476 g/mol. The lowest BCUT2D eigenvalue weighted by atomic mass is 10.1. The number of hydrogen-bond donors (Lipinski definition) is 1. The van der Waals surface area contributed by atoms with Crippen molar-refractivity contribution in [3.05, 3.63) is 80.5 Å². The van der Waals surface area contributed by atoms with Crippen molar-refractivity contribution in [1.29, 1.82) is 0 Å². The van der Waals surface area contributed by atoms with Crippen LogP contribution in [0.15, 0.2) is 69.3 Å². The smallest absolute Gasteiger partial charge is 0.182 e. The van der Waals surface area contributed by atoms with Gasteiger partial charge in [-0.25, -0.2) is 0 Å². The Hall–Kier alpha value is -2.31. The first-order valence-electron chi connectivity index (χ1n) is 7.91. The van der Waals surface area contributed by atoms with Gasteiger partial charge in [0.25, 0.3) is 0 Å². The summed E-state index contributed by atoms with van der Waals surface area (Å²) in [5.41, 5.74) is 1.65. The highest BCUT2D eigenvalue weighted by atomic mass is 79.9. The molecule has 0 heterocycles. The van der Waals surface area contributed by atoms with Gasteiger partial charge in [0, 0.05) is 6.08 Å². The first kappa shape index (κ1) is 21.0. The van der Waals surface area contributed by atoms with E-state index < -0.39 is 0 Å². The molecule has 0 aliphatic heterocycles. The van der Waals surface area contributed by atoms with Gasteiger partial charge in [-0.2, -0.15) is 0 Å². The van der Waals surface area contributed by atoms with Crippen LogP contribution in [0.2, 0.25) is 0 Å². The monoisotopic (exact) mass is 492 g/mol. The van der Waals surface area contributed by atoms with E-state index >= 15 is 0 Å². The Balaban J connectivity index is 2.05. The van der Waals surface area contributed by atoms with E-state index in [0.717, 1.165) is 26.1 Å². The van der Waals surface area contributed by atoms with Gasteiger partial charge in [-0.15, -0.1) is 0 Å². The van der Waals surface area contributed by atoms with Gasteiger partial charge in [0.05, 0.1) is 23.2 Å². The summed E-state index contributed by atoms with van der Waals surface area (Å²) in [4.78, 5) is 12.0. The Morgan fingerprint density at radius 3 is 1.85 bits per heavy atom. The molecule has 0 saturated heterocycles. The quantitative estimate of drug-likeness (QED) is 0.293. The number of aliphatic hydroxyl groups is 1. The molecule has 0 atom stereocenters. The van der Waals surface area contributed by atoms with Crippen LogP contribution in [0.4, 0.5) is 0 Å². The number of benzene rings is 2. The molecule has 0 unspecified atom stereocenters. The van der Waals surface area contributed by atoms with E-state index in [1.165, 1.54) is 12.2 Å². The SMILES string of the molecule is COc1cc(/C=C/C(=O)C=C(O)/C=C/c2ccc(Br)c(OC)c2)ccc1Br. The number of rotatable bonds is 7. The molecule has 0 amide bonds. The fourth-order valence-electron chi connectivity index (χ4n) is 2.16. The van der Waals surface area contributed by atoms with Crippen molar-refractivity contribution in [3.8, 4) is 11.5 Å². The normalized spacial score (nSPS) is 11.9. The Morgan fingerprint density at radius 2 is 1.37 bits per heavy atom. The molecule has 27 heavy (non-hydrogen) atoms. The molecule has 0 aliphatic carbocycles. The van der Waals surface area contributed by atoms with Crippen molar-refractivity contribution in [3.63, 3.8) is 0 Å². The zero-order valence-corrected chi connectivity index (χ0v) is 18.0. The van der Waals surface area contributed by atoms with E-state index in [9.17, 15) is 9.90 Å². The maximum Gasteiger partial charge on any atom is 0.182 e. The van der Waals surface area contributed by atoms with Crippen LogP contribution in [0.5, 0.6) is 11.5 Å². The summed E-state index contributed by atoms with van der Waals surface area (Å²) in [6, 6.07) is 11.0. The summed E-state index contributed by atoms with van der Waals surface area (Å²) in [6.07, 6.45) is 7.34. The van der Waals surface area contributed by atoms with Crippen LogP contribution < -0.4 is 9.47 Å². The highest BCUT2D eigenvalue weighted by molar-refractivity contribution is 9.10. The Bertz CT molecular complexity index is 914. The van der Waals surface area contributed by atoms with Crippen LogP contribution >= 0.6 is 31.9 Å². The average Bonchev–Trinajstić information content (AvgIpc) is 2.66. The lowest BCUT2D eigenvalue weighted by Gasteiger charge is -2.03. The molecular formula is C21H18Br2O4. The van der Waals surface area contributed by atoms with Crippen LogP contribution in [0.1, 0.15) is 11.1 Å². The number of halogens is 2. The van der Waals surface area contributed by atoms with E-state index in [4.69, 9.17) is 9.47 Å². The van der Waals surface area contributed by atoms with Gasteiger partial charge < -0.3 is 14.6 Å². The summed E-state index contributed by atoms with van der Waals surface area (Å²) in [7, 11) is 3.16. The van der Waals surface area contributed by atoms with Crippen molar-refractivity contribution >= 4 is 49.8 Å². The predicted molar refractivity (Wildman–Crippen MR) is 115 cm³/mol. The third kappa shape index (κ3) is 6.41. The van der Waals surface area contributed by atoms with Gasteiger partial charge in [-0.05, 0) is 79.4 Å². The molecule has 0 spiro atoms. The van der Waals surface area contributed by atoms with E-state index in [1.54, 1.807) is 32.4 Å². The lowest BCUT2D eigenvalue weighted by Crippen LogP contribution is -1.89. The first-order valence-corrected chi connectivity index (χ1v) is 9.49. The number of hydrogen-bond acceptors (Lipinski definition) is 4. The zero-order chi connectivity index (χ0) is 19.8. The second-order valence-corrected chi connectivity index (χ2v) is 7.13. The average molecular weight is 494 g/mol. The van der Waals surface area contributed by atoms with Crippen molar-refractivity contribution in [2.75, 3.05) is 14.2 Å². The molecule has 140 valence electrons. The third-order valence-corrected chi connectivity index (χ3v) is 4.84. The van der Waals surface area contributed by atoms with E-state index in [-0.39, 0.29) is 11.5 Å². The number of allylic oxidation sites excluding steroid dienone is 3. The third-order valence-electron chi connectivity index (χ3n) is 3.53. The van der Waals surface area contributed by atoms with Crippen LogP contribution in [0.25, 0.3) is 12.2 Å². The molecule has 4 nitrogen and oxygen atoms in total. The highest BCUT2D eigenvalue weighted by Gasteiger charge is 2.01. The summed E-state index contributed by atoms with van der Waals surface area (Å²) < 4.78 is 12.1. The van der Waals surface area contributed by atoms with Crippen LogP contribution in [0.3, 0.4) is 0 Å². The summed E-state index contributed by atoms with van der Waals surface area (Å²) in [6.45, 7) is 0. The largest absolute Gasteiger partial charge is 0.508 e. The fraction of sp³-hybridized carbons (Fsp3) is 0.0952. The van der Waals surface area contributed by atoms with Crippen molar-refractivity contribution in [2.24, 2.45) is 0 Å². The minimum Gasteiger partial charge on any atom is -0.508 e. The van der Waals surface area contributed by atoms with E-state index in [0.29, 0.717) is 11.5 Å². The maximum atomic E-state index is 12.0. The topological polar surface area (TPSA) is 55.8 Å². The zero-order valence-electron chi connectivity index (χ0n) is 14.8. The number of ketones is 1. The van der Waals surface area contributed by atoms with Gasteiger partial charge in [-0.3, -0.25) is 4.79 Å². The lowest BCUT2D eigenvalue weighted by molar-refractivity contribution is -0.110. The van der Waals surface area contributed by atoms with Crippen LogP contribution in [-0.4, -0.2) is 25.1 Å². The van der Waals surface area contributed by atoms with E-state index in [1.807, 2.05) is 30.3 Å². The molecule has 6 heteroatoms. The van der Waals surface area contributed by atoms with Gasteiger partial charge in [0.2, 0.25) is 0 Å². The number of carbonyl (C=O) groups excluding carboxylic acids is 1. The standard InChI is InChI=1S/C21H18Br2O4/c1-26-20-11-14(5-9-18(20)22)3-7-16(24)13-17(25)8-4-15-6-10-19(23)21(12-15)27-2/h3-13,24H,1-2H3/b7-3+,8-4+,16-13?. The fourth-order valence-corrected chi connectivity index (χ4v) is 2.98. The predicted octanol–water partition coefficient (Wildman–Crippen LogP) is 5.97. The van der Waals surface area contributed by atoms with Gasteiger partial charge in [0.1, 0.15) is 17.3 Å². The number of aliphatic hydroxyl groups excluding tert-OH is 1. The van der Waals surface area contributed by atoms with Crippen molar-refractivity contribution in [2.45, 2.75) is 0 Å². The molecule has 0 aliphatic rings. The Labute approximate surface area is 175 Å². The number of ether oxygens (including phenoxy) is 2. The van der Waals surface area contributed by atoms with Crippen LogP contribution in [0, 0.1) is 0 Å². The first-order chi connectivity index (χ1) is 12.9. The highest BCUT2D eigenvalue weighted by Crippen LogP contribution is 2.27. The summed E-state index contributed by atoms with van der Waals surface area (Å²) >= 11 is 6.76. The minimum atomic E-state index is -0.326. The second kappa shape index (κ2) is 10.1. The maximum absolute atomic E-state index is 12.0. The van der Waals surface area contributed by atoms with Crippen LogP contribution in [-0.2, 0) is 4.79 Å². The molecule has 1 N–H and O–H groups in total. The molecule has 2 aromatic carbocycles. The molecule has 0 aromatic heterocycles. The van der Waals surface area contributed by atoms with Gasteiger partial charge in [-0.1, -0.05) is 24.3 Å². The number of methoxy groups -OCH3 is 2. The van der Waals surface area contributed by atoms with Crippen molar-refractivity contribution < 1.29 is 19.4 Å². The Kier molecular flexibility index (Phi) is 7.88. The molecule has 2 rings (SSSR count). The summed E-state index contributed by atoms with van der Waals surface area (Å²) in [5, 5.41) is 9.93. The van der Waals surface area contributed by atoms with Gasteiger partial charge >= 0.3 is 0 Å². The molecule has 0 bridgehead atoms. The second-order valence-electron chi connectivity index (χ2n) is 5.43. The molecule has 0 radical (unpaired) electrons. The molecule has 0 fully saturated rings. The molecule has 0 saturated carbocycles. The van der Waals surface area contributed by atoms with Gasteiger partial charge in [0.15, 0.2) is 5.78 Å². The van der Waals surface area contributed by atoms with E-state index in [2.05, 4.69) is 31.9 Å². The minimum absolute atomic E-state index is 0.139. The molecule has 2 aromatic rings. The Morgan fingerprint density at radius 1 is 0.889 bits per heavy atom. The number of carbonyl (C=O) groups is 1.